The zero-order chi connectivity index (χ0) is 70.1. The highest BCUT2D eigenvalue weighted by Crippen LogP contribution is 2.41. The van der Waals surface area contributed by atoms with Crippen LogP contribution in [0.15, 0.2) is 42.5 Å². The number of hydrogen-bond donors (Lipinski definition) is 2. The van der Waals surface area contributed by atoms with E-state index in [2.05, 4.69) is 5.43 Å². The number of hydrogen-bond acceptors (Lipinski definition) is 28. The van der Waals surface area contributed by atoms with Gasteiger partial charge in [-0.3, -0.25) is 10.2 Å². The smallest absolute Gasteiger partial charge is 0.265 e. The van der Waals surface area contributed by atoms with Crippen LogP contribution in [0.1, 0.15) is 63.0 Å². The first-order valence-corrected chi connectivity index (χ1v) is 34.3. The Balaban J connectivity index is 1.95. The van der Waals surface area contributed by atoms with Gasteiger partial charge < -0.3 is 123 Å². The van der Waals surface area contributed by atoms with E-state index in [9.17, 15) is 4.79 Å². The summed E-state index contributed by atoms with van der Waals surface area (Å²) < 4.78 is 152. The van der Waals surface area contributed by atoms with Crippen LogP contribution in [-0.2, 0) is 98.5 Å². The topological polar surface area (TPSA) is 295 Å². The molecule has 0 saturated heterocycles. The minimum atomic E-state index is -0.589. The van der Waals surface area contributed by atoms with Crippen LogP contribution in [-0.4, -0.2) is 283 Å². The van der Waals surface area contributed by atoms with Gasteiger partial charge in [-0.2, -0.15) is 0 Å². The number of hydrazine groups is 1. The lowest BCUT2D eigenvalue weighted by Gasteiger charge is -2.20. The molecule has 3 aromatic rings. The Morgan fingerprint density at radius 3 is 0.653 bits per heavy atom. The third-order valence-electron chi connectivity index (χ3n) is 12.8. The van der Waals surface area contributed by atoms with Gasteiger partial charge in [-0.25, -0.2) is 5.84 Å². The van der Waals surface area contributed by atoms with Crippen molar-refractivity contribution < 1.29 is 128 Å². The summed E-state index contributed by atoms with van der Waals surface area (Å²) in [7, 11) is 0. The van der Waals surface area contributed by atoms with Crippen LogP contribution in [0, 0.1) is 0 Å². The van der Waals surface area contributed by atoms with E-state index < -0.39 is 5.91 Å². The summed E-state index contributed by atoms with van der Waals surface area (Å²) in [6, 6.07) is 11.9. The van der Waals surface area contributed by atoms with Gasteiger partial charge in [-0.15, -0.1) is 0 Å². The van der Waals surface area contributed by atoms with Crippen LogP contribution in [0.4, 0.5) is 0 Å². The fraction of sp³-hybridized carbons (Fsp3) is 0.725. The van der Waals surface area contributed by atoms with Crippen LogP contribution in [0.25, 0.3) is 0 Å². The second kappa shape index (κ2) is 63.9. The second-order valence-electron chi connectivity index (χ2n) is 20.2. The maximum atomic E-state index is 13.3. The zero-order valence-electron chi connectivity index (χ0n) is 59.3. The highest BCUT2D eigenvalue weighted by Gasteiger charge is 2.20. The number of benzene rings is 3. The Morgan fingerprint density at radius 2 is 0.449 bits per heavy atom. The van der Waals surface area contributed by atoms with Gasteiger partial charge in [0.25, 0.3) is 5.91 Å². The van der Waals surface area contributed by atoms with Crippen LogP contribution in [0.5, 0.6) is 46.0 Å². The normalized spacial score (nSPS) is 11.3. The standard InChI is InChI=1S/C69H116N2O27/c1-7-73-13-19-79-25-31-85-37-43-91-63-49-58(50-64(92-44-38-86-32-26-80-20-14-74-8-2)67(63)95-47-41-89-35-29-83-23-17-77-11-5)56-97-61-53-60(69(72)71-70)54-62(55-61)98-57-59-51-65(93-45-39-87-33-27-81-21-15-75-9-3)68(96-48-42-90-36-30-84-24-18-78-12-6)66(52-59)94-46-40-88-34-28-82-22-16-76-10-4/h49-55H,7-48,56-57,70H2,1-6H3,(H,71,72). The molecule has 0 fully saturated rings. The molecule has 29 nitrogen and oxygen atoms in total. The maximum absolute atomic E-state index is 13.3. The lowest BCUT2D eigenvalue weighted by molar-refractivity contribution is 0.00863. The lowest BCUT2D eigenvalue weighted by atomic mass is 10.1. The Bertz CT molecular complexity index is 2090. The van der Waals surface area contributed by atoms with Gasteiger partial charge in [0.1, 0.15) is 64.4 Å². The van der Waals surface area contributed by atoms with E-state index in [-0.39, 0.29) is 110 Å². The van der Waals surface area contributed by atoms with Crippen molar-refractivity contribution in [1.29, 1.82) is 0 Å². The minimum Gasteiger partial charge on any atom is -0.489 e. The van der Waals surface area contributed by atoms with Crippen LogP contribution in [0.2, 0.25) is 0 Å². The summed E-state index contributed by atoms with van der Waals surface area (Å²) in [6.45, 7) is 27.8. The van der Waals surface area contributed by atoms with Gasteiger partial charge in [0.2, 0.25) is 11.5 Å². The lowest BCUT2D eigenvalue weighted by Crippen LogP contribution is -2.30. The van der Waals surface area contributed by atoms with E-state index in [1.165, 1.54) is 0 Å². The van der Waals surface area contributed by atoms with E-state index in [4.69, 9.17) is 129 Å². The molecule has 0 atom stereocenters. The van der Waals surface area contributed by atoms with Crippen molar-refractivity contribution in [2.24, 2.45) is 5.84 Å². The molecule has 3 N–H and O–H groups in total. The minimum absolute atomic E-state index is 0.0385. The van der Waals surface area contributed by atoms with Crippen molar-refractivity contribution in [2.45, 2.75) is 54.8 Å². The molecule has 0 aliphatic heterocycles. The predicted molar refractivity (Wildman–Crippen MR) is 361 cm³/mol. The quantitative estimate of drug-likeness (QED) is 0.0278. The highest BCUT2D eigenvalue weighted by molar-refractivity contribution is 5.94. The number of ether oxygens (including phenoxy) is 26. The fourth-order valence-electron chi connectivity index (χ4n) is 8.18. The van der Waals surface area contributed by atoms with Crippen molar-refractivity contribution in [3.63, 3.8) is 0 Å². The van der Waals surface area contributed by atoms with Crippen molar-refractivity contribution >= 4 is 5.91 Å². The van der Waals surface area contributed by atoms with Gasteiger partial charge in [0.05, 0.1) is 198 Å². The molecule has 29 heteroatoms. The molecule has 0 aromatic heterocycles. The van der Waals surface area contributed by atoms with Gasteiger partial charge in [-0.05, 0) is 89.1 Å². The van der Waals surface area contributed by atoms with Gasteiger partial charge >= 0.3 is 0 Å². The third kappa shape index (κ3) is 45.5. The molecule has 0 bridgehead atoms. The molecule has 0 saturated carbocycles. The zero-order valence-corrected chi connectivity index (χ0v) is 59.3. The number of carbonyl (C=O) groups is 1. The van der Waals surface area contributed by atoms with E-state index in [0.717, 1.165) is 0 Å². The van der Waals surface area contributed by atoms with E-state index in [1.807, 2.05) is 41.5 Å². The van der Waals surface area contributed by atoms with Crippen LogP contribution < -0.4 is 49.2 Å². The first kappa shape index (κ1) is 87.0. The summed E-state index contributed by atoms with van der Waals surface area (Å²) >= 11 is 0. The Hall–Kier alpha value is -5.23. The molecule has 1 amide bonds. The molecule has 98 heavy (non-hydrogen) atoms. The van der Waals surface area contributed by atoms with Gasteiger partial charge in [-0.1, -0.05) is 0 Å². The molecule has 564 valence electrons. The Labute approximate surface area is 580 Å². The first-order valence-electron chi connectivity index (χ1n) is 34.3. The van der Waals surface area contributed by atoms with Crippen molar-refractivity contribution in [1.82, 2.24) is 5.43 Å². The summed E-state index contributed by atoms with van der Waals surface area (Å²) in [4.78, 5) is 13.3. The van der Waals surface area contributed by atoms with Crippen molar-refractivity contribution in [3.05, 3.63) is 59.2 Å². The van der Waals surface area contributed by atoms with Crippen LogP contribution >= 0.6 is 0 Å². The summed E-state index contributed by atoms with van der Waals surface area (Å²) in [5, 5.41) is 0. The van der Waals surface area contributed by atoms with E-state index in [1.54, 1.807) is 42.5 Å². The predicted octanol–water partition coefficient (Wildman–Crippen LogP) is 6.14. The average molecular weight is 1410 g/mol. The molecule has 3 rings (SSSR count). The fourth-order valence-corrected chi connectivity index (χ4v) is 8.18. The molecule has 0 unspecified atom stereocenters. The Morgan fingerprint density at radius 1 is 0.255 bits per heavy atom. The number of nitrogens with one attached hydrogen (secondary N) is 1. The van der Waals surface area contributed by atoms with Crippen molar-refractivity contribution in [3.8, 4) is 46.0 Å². The third-order valence-corrected chi connectivity index (χ3v) is 12.8. The molecular weight excluding hydrogens is 1290 g/mol. The molecule has 0 radical (unpaired) electrons. The average Bonchev–Trinajstić information content (AvgIpc) is 0.835. The number of rotatable bonds is 73. The molecule has 3 aromatic carbocycles. The second-order valence-corrected chi connectivity index (χ2v) is 20.2. The number of carbonyl (C=O) groups excluding carboxylic acids is 1. The maximum Gasteiger partial charge on any atom is 0.265 e. The number of nitrogen functional groups attached to an aromatic ring is 1. The van der Waals surface area contributed by atoms with Crippen molar-refractivity contribution in [2.75, 3.05) is 277 Å². The highest BCUT2D eigenvalue weighted by atomic mass is 16.6. The molecular formula is C69H116N2O27. The summed E-state index contributed by atoms with van der Waals surface area (Å²) in [6.07, 6.45) is 0. The summed E-state index contributed by atoms with van der Waals surface area (Å²) in [5.74, 6) is 7.73. The molecule has 0 spiro atoms. The summed E-state index contributed by atoms with van der Waals surface area (Å²) in [5.41, 5.74) is 3.62. The Kier molecular flexibility index (Phi) is 56.7. The largest absolute Gasteiger partial charge is 0.489 e. The number of amides is 1. The van der Waals surface area contributed by atoms with Crippen LogP contribution in [0.3, 0.4) is 0 Å². The molecule has 0 aliphatic rings. The van der Waals surface area contributed by atoms with Gasteiger partial charge in [0.15, 0.2) is 23.0 Å². The monoisotopic (exact) mass is 1400 g/mol. The first-order chi connectivity index (χ1) is 48.4. The van der Waals surface area contributed by atoms with Gasteiger partial charge in [0, 0.05) is 51.3 Å². The molecule has 0 heterocycles. The van der Waals surface area contributed by atoms with E-state index in [0.29, 0.717) is 244 Å². The van der Waals surface area contributed by atoms with E-state index >= 15 is 0 Å². The molecule has 0 aliphatic carbocycles. The number of nitrogens with two attached hydrogens (primary N) is 1. The SMILES string of the molecule is CCOCCOCCOCCOc1cc(COc2cc(OCc3cc(OCCOCCOCCOCC)c(OCCOCCOCCOCC)c(OCCOCCOCCOCC)c3)cc(C(=O)NN)c2)cc(OCCOCCOCCOCC)c1OCCOCCOCCOCC.